The van der Waals surface area contributed by atoms with Crippen LogP contribution in [0.25, 0.3) is 0 Å². The number of ether oxygens (including phenoxy) is 1. The molecule has 0 spiro atoms. The number of aryl methyl sites for hydroxylation is 1. The summed E-state index contributed by atoms with van der Waals surface area (Å²) in [4.78, 5) is 11.7. The van der Waals surface area contributed by atoms with Gasteiger partial charge in [-0.05, 0) is 24.6 Å². The molecule has 0 saturated heterocycles. The second-order valence-corrected chi connectivity index (χ2v) is 4.28. The molecule has 0 aliphatic carbocycles. The van der Waals surface area contributed by atoms with Crippen molar-refractivity contribution < 1.29 is 9.53 Å². The van der Waals surface area contributed by atoms with Crippen molar-refractivity contribution in [1.29, 1.82) is 0 Å². The van der Waals surface area contributed by atoms with Crippen molar-refractivity contribution in [2.75, 3.05) is 5.73 Å². The van der Waals surface area contributed by atoms with Gasteiger partial charge in [0.1, 0.15) is 6.61 Å². The van der Waals surface area contributed by atoms with E-state index in [2.05, 4.69) is 5.10 Å². The van der Waals surface area contributed by atoms with E-state index in [9.17, 15) is 4.79 Å². The molecule has 2 aromatic rings. The van der Waals surface area contributed by atoms with Crippen LogP contribution in [0.2, 0.25) is 0 Å². The standard InChI is InChI=1S/C14H17N3O2/c1-2-17-9-12(8-16-17)10-19-14(18)7-11-3-5-13(15)6-4-11/h3-6,8-9H,2,7,10,15H2,1H3. The number of aromatic nitrogens is 2. The first-order valence-corrected chi connectivity index (χ1v) is 6.18. The Labute approximate surface area is 112 Å². The maximum absolute atomic E-state index is 11.7. The van der Waals surface area contributed by atoms with Gasteiger partial charge in [0, 0.05) is 24.0 Å². The van der Waals surface area contributed by atoms with Crippen LogP contribution in [-0.4, -0.2) is 15.7 Å². The van der Waals surface area contributed by atoms with E-state index in [1.54, 1.807) is 23.0 Å². The van der Waals surface area contributed by atoms with E-state index >= 15 is 0 Å². The molecule has 2 N–H and O–H groups in total. The molecule has 0 saturated carbocycles. The predicted octanol–water partition coefficient (Wildman–Crippen LogP) is 1.77. The Balaban J connectivity index is 1.82. The fraction of sp³-hybridized carbons (Fsp3) is 0.286. The topological polar surface area (TPSA) is 70.1 Å². The highest BCUT2D eigenvalue weighted by atomic mass is 16.5. The number of esters is 1. The van der Waals surface area contributed by atoms with Crippen LogP contribution >= 0.6 is 0 Å². The molecule has 5 nitrogen and oxygen atoms in total. The number of anilines is 1. The zero-order valence-corrected chi connectivity index (χ0v) is 10.9. The summed E-state index contributed by atoms with van der Waals surface area (Å²) in [6.45, 7) is 3.07. The minimum Gasteiger partial charge on any atom is -0.460 e. The summed E-state index contributed by atoms with van der Waals surface area (Å²) < 4.78 is 6.99. The smallest absolute Gasteiger partial charge is 0.310 e. The minimum atomic E-state index is -0.256. The molecule has 0 fully saturated rings. The van der Waals surface area contributed by atoms with E-state index < -0.39 is 0 Å². The molecular formula is C14H17N3O2. The van der Waals surface area contributed by atoms with Crippen molar-refractivity contribution in [3.05, 3.63) is 47.8 Å². The number of nitrogens with zero attached hydrogens (tertiary/aromatic N) is 2. The van der Waals surface area contributed by atoms with Gasteiger partial charge >= 0.3 is 5.97 Å². The maximum atomic E-state index is 11.7. The largest absolute Gasteiger partial charge is 0.460 e. The molecule has 1 aromatic heterocycles. The van der Waals surface area contributed by atoms with Crippen LogP contribution in [0.3, 0.4) is 0 Å². The van der Waals surface area contributed by atoms with Crippen LogP contribution < -0.4 is 5.73 Å². The fourth-order valence-electron chi connectivity index (χ4n) is 1.67. The van der Waals surface area contributed by atoms with Gasteiger partial charge in [0.15, 0.2) is 0 Å². The van der Waals surface area contributed by atoms with Gasteiger partial charge in [-0.25, -0.2) is 0 Å². The highest BCUT2D eigenvalue weighted by Crippen LogP contribution is 2.08. The van der Waals surface area contributed by atoms with Crippen LogP contribution in [0.15, 0.2) is 36.7 Å². The summed E-state index contributed by atoms with van der Waals surface area (Å²) in [5, 5.41) is 4.12. The Hall–Kier alpha value is -2.30. The molecule has 0 unspecified atom stereocenters. The Kier molecular flexibility index (Phi) is 4.18. The zero-order chi connectivity index (χ0) is 13.7. The molecule has 0 amide bonds. The Morgan fingerprint density at radius 2 is 2.05 bits per heavy atom. The molecule has 0 radical (unpaired) electrons. The lowest BCUT2D eigenvalue weighted by molar-refractivity contribution is -0.144. The molecule has 0 aliphatic rings. The minimum absolute atomic E-state index is 0.252. The van der Waals surface area contributed by atoms with Gasteiger partial charge in [-0.2, -0.15) is 5.10 Å². The summed E-state index contributed by atoms with van der Waals surface area (Å²) in [6.07, 6.45) is 3.83. The van der Waals surface area contributed by atoms with Crippen LogP contribution in [0.5, 0.6) is 0 Å². The first kappa shape index (κ1) is 13.1. The third-order valence-corrected chi connectivity index (χ3v) is 2.74. The molecule has 19 heavy (non-hydrogen) atoms. The van der Waals surface area contributed by atoms with Gasteiger partial charge in [0.25, 0.3) is 0 Å². The molecule has 5 heteroatoms. The molecule has 0 bridgehead atoms. The molecular weight excluding hydrogens is 242 g/mol. The average Bonchev–Trinajstić information content (AvgIpc) is 2.87. The second kappa shape index (κ2) is 6.04. The van der Waals surface area contributed by atoms with Crippen molar-refractivity contribution in [1.82, 2.24) is 9.78 Å². The maximum Gasteiger partial charge on any atom is 0.310 e. The molecule has 1 heterocycles. The van der Waals surface area contributed by atoms with E-state index in [1.807, 2.05) is 25.3 Å². The first-order valence-electron chi connectivity index (χ1n) is 6.18. The number of hydrogen-bond donors (Lipinski definition) is 1. The van der Waals surface area contributed by atoms with E-state index in [-0.39, 0.29) is 19.0 Å². The molecule has 0 atom stereocenters. The number of rotatable bonds is 5. The van der Waals surface area contributed by atoms with Crippen molar-refractivity contribution in [2.24, 2.45) is 0 Å². The van der Waals surface area contributed by atoms with Crippen molar-refractivity contribution in [2.45, 2.75) is 26.5 Å². The number of hydrogen-bond acceptors (Lipinski definition) is 4. The van der Waals surface area contributed by atoms with Crippen LogP contribution in [0, 0.1) is 0 Å². The molecule has 100 valence electrons. The van der Waals surface area contributed by atoms with Crippen molar-refractivity contribution in [3.8, 4) is 0 Å². The fourth-order valence-corrected chi connectivity index (χ4v) is 1.67. The van der Waals surface area contributed by atoms with Gasteiger partial charge in [-0.1, -0.05) is 12.1 Å². The highest BCUT2D eigenvalue weighted by molar-refractivity contribution is 5.72. The second-order valence-electron chi connectivity index (χ2n) is 4.28. The lowest BCUT2D eigenvalue weighted by Crippen LogP contribution is -2.07. The molecule has 0 aliphatic heterocycles. The van der Waals surface area contributed by atoms with E-state index in [0.717, 1.165) is 17.7 Å². The normalized spacial score (nSPS) is 10.4. The summed E-state index contributed by atoms with van der Waals surface area (Å²) >= 11 is 0. The first-order chi connectivity index (χ1) is 9.17. The Morgan fingerprint density at radius 3 is 2.68 bits per heavy atom. The van der Waals surface area contributed by atoms with E-state index in [0.29, 0.717) is 5.69 Å². The van der Waals surface area contributed by atoms with Gasteiger partial charge in [0.2, 0.25) is 0 Å². The van der Waals surface area contributed by atoms with E-state index in [1.165, 1.54) is 0 Å². The zero-order valence-electron chi connectivity index (χ0n) is 10.9. The quantitative estimate of drug-likeness (QED) is 0.656. The Morgan fingerprint density at radius 1 is 1.32 bits per heavy atom. The summed E-state index contributed by atoms with van der Waals surface area (Å²) in [5.74, 6) is -0.256. The number of nitrogens with two attached hydrogens (primary N) is 1. The average molecular weight is 259 g/mol. The van der Waals surface area contributed by atoms with Gasteiger partial charge < -0.3 is 10.5 Å². The molecule has 1 aromatic carbocycles. The third-order valence-electron chi connectivity index (χ3n) is 2.74. The number of carbonyl (C=O) groups is 1. The summed E-state index contributed by atoms with van der Waals surface area (Å²) in [6, 6.07) is 7.19. The lowest BCUT2D eigenvalue weighted by Gasteiger charge is -2.03. The lowest BCUT2D eigenvalue weighted by atomic mass is 10.1. The monoisotopic (exact) mass is 259 g/mol. The van der Waals surface area contributed by atoms with Crippen molar-refractivity contribution in [3.63, 3.8) is 0 Å². The highest BCUT2D eigenvalue weighted by Gasteiger charge is 2.06. The third kappa shape index (κ3) is 3.84. The Bertz CT molecular complexity index is 546. The van der Waals surface area contributed by atoms with E-state index in [4.69, 9.17) is 10.5 Å². The van der Waals surface area contributed by atoms with Gasteiger partial charge in [-0.15, -0.1) is 0 Å². The summed E-state index contributed by atoms with van der Waals surface area (Å²) in [7, 11) is 0. The van der Waals surface area contributed by atoms with Gasteiger partial charge in [0.05, 0.1) is 12.6 Å². The van der Waals surface area contributed by atoms with Crippen molar-refractivity contribution >= 4 is 11.7 Å². The number of benzene rings is 1. The summed E-state index contributed by atoms with van der Waals surface area (Å²) in [5.41, 5.74) is 8.05. The molecule has 2 rings (SSSR count). The van der Waals surface area contributed by atoms with Crippen LogP contribution in [-0.2, 0) is 29.1 Å². The number of nitrogen functional groups attached to an aromatic ring is 1. The van der Waals surface area contributed by atoms with Crippen LogP contribution in [0.4, 0.5) is 5.69 Å². The predicted molar refractivity (Wildman–Crippen MR) is 72.3 cm³/mol. The number of carbonyl (C=O) groups excluding carboxylic acids is 1. The SMILES string of the molecule is CCn1cc(COC(=O)Cc2ccc(N)cc2)cn1. The van der Waals surface area contributed by atoms with Gasteiger partial charge in [-0.3, -0.25) is 9.48 Å². The van der Waals surface area contributed by atoms with Crippen LogP contribution in [0.1, 0.15) is 18.1 Å².